The highest BCUT2D eigenvalue weighted by Gasteiger charge is 2.30. The van der Waals surface area contributed by atoms with E-state index in [2.05, 4.69) is 10.5 Å². The second-order valence-electron chi connectivity index (χ2n) is 7.09. The van der Waals surface area contributed by atoms with Crippen LogP contribution in [0.1, 0.15) is 35.7 Å². The van der Waals surface area contributed by atoms with E-state index in [1.165, 1.54) is 6.07 Å². The molecule has 0 bridgehead atoms. The van der Waals surface area contributed by atoms with E-state index in [0.717, 1.165) is 23.3 Å². The monoisotopic (exact) mass is 393 g/mol. The van der Waals surface area contributed by atoms with Gasteiger partial charge in [0.1, 0.15) is 0 Å². The number of amides is 2. The van der Waals surface area contributed by atoms with Crippen molar-refractivity contribution in [2.75, 3.05) is 18.4 Å². The number of hydrogen-bond donors (Lipinski definition) is 1. The van der Waals surface area contributed by atoms with Crippen LogP contribution in [-0.4, -0.2) is 29.2 Å². The third kappa shape index (κ3) is 4.37. The van der Waals surface area contributed by atoms with Crippen LogP contribution >= 0.6 is 0 Å². The Morgan fingerprint density at radius 1 is 1.36 bits per heavy atom. The summed E-state index contributed by atoms with van der Waals surface area (Å²) in [6, 6.07) is 5.00. The molecule has 3 rings (SSSR count). The van der Waals surface area contributed by atoms with Crippen molar-refractivity contribution in [3.63, 3.8) is 0 Å². The van der Waals surface area contributed by atoms with E-state index < -0.39 is 11.7 Å². The summed E-state index contributed by atoms with van der Waals surface area (Å²) < 4.78 is 43.8. The molecule has 1 aromatic carbocycles. The summed E-state index contributed by atoms with van der Waals surface area (Å²) in [5.41, 5.74) is 2.37. The molecule has 1 atom stereocenters. The lowest BCUT2D eigenvalue weighted by atomic mass is 9.91. The number of anilines is 1. The van der Waals surface area contributed by atoms with Crippen molar-refractivity contribution < 1.29 is 22.5 Å². The van der Waals surface area contributed by atoms with Gasteiger partial charge in [-0.15, -0.1) is 0 Å². The minimum atomic E-state index is -4.36. The van der Waals surface area contributed by atoms with Crippen LogP contribution in [0.4, 0.5) is 23.8 Å². The molecule has 2 aromatic rings. The molecule has 1 unspecified atom stereocenters. The fraction of sp³-hybridized carbons (Fsp3) is 0.400. The summed E-state index contributed by atoms with van der Waals surface area (Å²) >= 11 is 0. The largest absolute Gasteiger partial charge is 0.416 e. The Morgan fingerprint density at radius 3 is 2.71 bits per heavy atom. The molecule has 2 heterocycles. The van der Waals surface area contributed by atoms with Gasteiger partial charge in [-0.3, -0.25) is 5.32 Å². The van der Waals surface area contributed by atoms with Crippen molar-refractivity contribution >= 4 is 18.0 Å². The van der Waals surface area contributed by atoms with Crippen LogP contribution in [0, 0.1) is 19.8 Å². The third-order valence-electron chi connectivity index (χ3n) is 5.03. The number of carbonyl (C=O) groups is 1. The third-order valence-corrected chi connectivity index (χ3v) is 5.03. The molecule has 0 saturated carbocycles. The van der Waals surface area contributed by atoms with E-state index >= 15 is 0 Å². The average molecular weight is 393 g/mol. The Hall–Kier alpha value is -2.77. The molecule has 0 radical (unpaired) electrons. The van der Waals surface area contributed by atoms with Crippen molar-refractivity contribution in [2.45, 2.75) is 33.4 Å². The molecule has 5 nitrogen and oxygen atoms in total. The van der Waals surface area contributed by atoms with Gasteiger partial charge in [-0.2, -0.15) is 13.2 Å². The highest BCUT2D eigenvalue weighted by molar-refractivity contribution is 5.88. The van der Waals surface area contributed by atoms with Gasteiger partial charge < -0.3 is 9.42 Å². The molecule has 150 valence electrons. The fourth-order valence-corrected chi connectivity index (χ4v) is 3.18. The zero-order chi connectivity index (χ0) is 20.5. The van der Waals surface area contributed by atoms with Crippen molar-refractivity contribution in [3.8, 4) is 0 Å². The zero-order valence-electron chi connectivity index (χ0n) is 15.9. The number of piperidine rings is 1. The maximum Gasteiger partial charge on any atom is 0.416 e. The van der Waals surface area contributed by atoms with Crippen LogP contribution < -0.4 is 5.32 Å². The van der Waals surface area contributed by atoms with Gasteiger partial charge in [0.2, 0.25) is 5.88 Å². The summed E-state index contributed by atoms with van der Waals surface area (Å²) in [4.78, 5) is 14.1. The predicted molar refractivity (Wildman–Crippen MR) is 99.8 cm³/mol. The molecule has 1 fully saturated rings. The summed E-state index contributed by atoms with van der Waals surface area (Å²) in [6.07, 6.45) is -1.98. The lowest BCUT2D eigenvalue weighted by molar-refractivity contribution is -0.137. The number of nitrogens with zero attached hydrogens (tertiary/aromatic N) is 2. The van der Waals surface area contributed by atoms with Gasteiger partial charge in [0.15, 0.2) is 0 Å². The zero-order valence-corrected chi connectivity index (χ0v) is 15.9. The minimum Gasteiger partial charge on any atom is -0.338 e. The van der Waals surface area contributed by atoms with Crippen LogP contribution in [0.15, 0.2) is 34.4 Å². The Morgan fingerprint density at radius 2 is 2.11 bits per heavy atom. The molecule has 8 heteroatoms. The van der Waals surface area contributed by atoms with Crippen LogP contribution in [0.5, 0.6) is 0 Å². The standard InChI is InChI=1S/C20H22F3N3O2/c1-12-11-26(19(27)24-18-13(2)14(3)25-28-18)8-7-16(12)9-15-5-4-6-17(10-15)20(21,22)23/h4-6,9-10,12H,7-8,11H2,1-3H3,(H,24,27)/b16-9+. The van der Waals surface area contributed by atoms with Gasteiger partial charge >= 0.3 is 12.2 Å². The molecule has 28 heavy (non-hydrogen) atoms. The van der Waals surface area contributed by atoms with Crippen LogP contribution in [0.2, 0.25) is 0 Å². The van der Waals surface area contributed by atoms with Gasteiger partial charge in [0.25, 0.3) is 0 Å². The first-order valence-electron chi connectivity index (χ1n) is 9.01. The number of benzene rings is 1. The van der Waals surface area contributed by atoms with E-state index in [-0.39, 0.29) is 11.9 Å². The molecule has 2 amide bonds. The summed E-state index contributed by atoms with van der Waals surface area (Å²) in [7, 11) is 0. The Balaban J connectivity index is 1.67. The van der Waals surface area contributed by atoms with Gasteiger partial charge in [-0.05, 0) is 43.9 Å². The van der Waals surface area contributed by atoms with Crippen LogP contribution in [0.3, 0.4) is 0 Å². The van der Waals surface area contributed by atoms with Crippen molar-refractivity contribution in [1.29, 1.82) is 0 Å². The highest BCUT2D eigenvalue weighted by atomic mass is 19.4. The lowest BCUT2D eigenvalue weighted by Crippen LogP contribution is -2.42. The first kappa shape index (κ1) is 20.0. The Kier molecular flexibility index (Phi) is 5.49. The minimum absolute atomic E-state index is 0.0339. The van der Waals surface area contributed by atoms with E-state index in [0.29, 0.717) is 36.7 Å². The molecule has 1 aliphatic rings. The second kappa shape index (κ2) is 7.69. The summed E-state index contributed by atoms with van der Waals surface area (Å²) in [5.74, 6) is 0.368. The van der Waals surface area contributed by atoms with E-state index in [4.69, 9.17) is 4.52 Å². The quantitative estimate of drug-likeness (QED) is 0.756. The first-order valence-corrected chi connectivity index (χ1v) is 9.01. The second-order valence-corrected chi connectivity index (χ2v) is 7.09. The Labute approximate surface area is 161 Å². The van der Waals surface area contributed by atoms with Gasteiger partial charge in [0.05, 0.1) is 11.3 Å². The number of nitrogens with one attached hydrogen (secondary N) is 1. The summed E-state index contributed by atoms with van der Waals surface area (Å²) in [6.45, 7) is 6.52. The van der Waals surface area contributed by atoms with Gasteiger partial charge in [0, 0.05) is 18.7 Å². The van der Waals surface area contributed by atoms with E-state index in [1.54, 1.807) is 24.0 Å². The van der Waals surface area contributed by atoms with Crippen molar-refractivity contribution in [2.24, 2.45) is 5.92 Å². The number of halogens is 3. The van der Waals surface area contributed by atoms with Crippen molar-refractivity contribution in [1.82, 2.24) is 10.1 Å². The normalized spacial score (nSPS) is 19.1. The topological polar surface area (TPSA) is 58.4 Å². The number of rotatable bonds is 2. The maximum absolute atomic E-state index is 12.9. The maximum atomic E-state index is 12.9. The molecule has 0 spiro atoms. The molecule has 0 aliphatic carbocycles. The smallest absolute Gasteiger partial charge is 0.338 e. The average Bonchev–Trinajstić information content (AvgIpc) is 2.95. The number of carbonyl (C=O) groups excluding carboxylic acids is 1. The first-order chi connectivity index (χ1) is 13.1. The predicted octanol–water partition coefficient (Wildman–Crippen LogP) is 5.27. The number of alkyl halides is 3. The number of urea groups is 1. The number of hydrogen-bond acceptors (Lipinski definition) is 3. The van der Waals surface area contributed by atoms with Gasteiger partial charge in [-0.25, -0.2) is 4.79 Å². The van der Waals surface area contributed by atoms with Crippen molar-refractivity contribution in [3.05, 3.63) is 52.2 Å². The van der Waals surface area contributed by atoms with Crippen LogP contribution in [0.25, 0.3) is 6.08 Å². The lowest BCUT2D eigenvalue weighted by Gasteiger charge is -2.33. The number of likely N-dealkylation sites (tertiary alicyclic amines) is 1. The van der Waals surface area contributed by atoms with E-state index in [9.17, 15) is 18.0 Å². The number of aromatic nitrogens is 1. The molecule has 1 aliphatic heterocycles. The van der Waals surface area contributed by atoms with E-state index in [1.807, 2.05) is 13.8 Å². The van der Waals surface area contributed by atoms with Crippen LogP contribution in [-0.2, 0) is 6.18 Å². The molecule has 1 aromatic heterocycles. The molecular weight excluding hydrogens is 371 g/mol. The Bertz CT molecular complexity index is 902. The number of aryl methyl sites for hydroxylation is 1. The molecule has 1 saturated heterocycles. The molecule has 1 N–H and O–H groups in total. The van der Waals surface area contributed by atoms with Gasteiger partial charge in [-0.1, -0.05) is 35.9 Å². The SMILES string of the molecule is Cc1noc(NC(=O)N2CC/C(=C\c3cccc(C(F)(F)F)c3)C(C)C2)c1C. The molecular formula is C20H22F3N3O2. The highest BCUT2D eigenvalue weighted by Crippen LogP contribution is 2.31. The summed E-state index contributed by atoms with van der Waals surface area (Å²) in [5, 5.41) is 6.54. The fourth-order valence-electron chi connectivity index (χ4n) is 3.18.